The molecule has 2 N–H and O–H groups in total. The lowest BCUT2D eigenvalue weighted by atomic mass is 10.2. The molecule has 4 nitrogen and oxygen atoms in total. The number of ether oxygens (including phenoxy) is 1. The molecule has 0 bridgehead atoms. The summed E-state index contributed by atoms with van der Waals surface area (Å²) < 4.78 is 4.60. The van der Waals surface area contributed by atoms with E-state index < -0.39 is 0 Å². The lowest BCUT2D eigenvalue weighted by molar-refractivity contribution is -0.141. The first-order valence-electron chi connectivity index (χ1n) is 5.20. The summed E-state index contributed by atoms with van der Waals surface area (Å²) in [5.41, 5.74) is 5.64. The summed E-state index contributed by atoms with van der Waals surface area (Å²) in [6.07, 6.45) is 1.46. The fourth-order valence-corrected chi connectivity index (χ4v) is 1.51. The van der Waals surface area contributed by atoms with Gasteiger partial charge in [0.1, 0.15) is 0 Å². The van der Waals surface area contributed by atoms with Crippen molar-refractivity contribution in [3.05, 3.63) is 0 Å². The van der Waals surface area contributed by atoms with Crippen LogP contribution in [0.5, 0.6) is 0 Å². The molecule has 0 heterocycles. The Morgan fingerprint density at radius 3 is 2.50 bits per heavy atom. The van der Waals surface area contributed by atoms with Gasteiger partial charge < -0.3 is 10.5 Å². The molecule has 0 spiro atoms. The van der Waals surface area contributed by atoms with Gasteiger partial charge in [0.25, 0.3) is 0 Å². The van der Waals surface area contributed by atoms with Crippen LogP contribution < -0.4 is 5.73 Å². The van der Waals surface area contributed by atoms with E-state index in [0.717, 1.165) is 19.5 Å². The first kappa shape index (κ1) is 13.4. The standard InChI is InChI=1S/C10H22N2O2/c1-4-9(8-11)12(5-2)7-6-10(13)14-3/h9H,4-8,11H2,1-3H3. The quantitative estimate of drug-likeness (QED) is 0.614. The first-order chi connectivity index (χ1) is 6.69. The molecular formula is C10H22N2O2. The van der Waals surface area contributed by atoms with E-state index in [2.05, 4.69) is 23.5 Å². The van der Waals surface area contributed by atoms with Gasteiger partial charge in [-0.3, -0.25) is 9.69 Å². The van der Waals surface area contributed by atoms with Crippen LogP contribution in [-0.2, 0) is 9.53 Å². The highest BCUT2D eigenvalue weighted by Crippen LogP contribution is 2.03. The van der Waals surface area contributed by atoms with Crippen molar-refractivity contribution in [1.29, 1.82) is 0 Å². The van der Waals surface area contributed by atoms with Crippen molar-refractivity contribution < 1.29 is 9.53 Å². The topological polar surface area (TPSA) is 55.6 Å². The molecule has 84 valence electrons. The number of methoxy groups -OCH3 is 1. The average Bonchev–Trinajstić information content (AvgIpc) is 2.23. The molecule has 0 fully saturated rings. The van der Waals surface area contributed by atoms with E-state index >= 15 is 0 Å². The molecule has 14 heavy (non-hydrogen) atoms. The van der Waals surface area contributed by atoms with Crippen molar-refractivity contribution in [3.8, 4) is 0 Å². The second-order valence-electron chi connectivity index (χ2n) is 3.25. The molecule has 1 atom stereocenters. The van der Waals surface area contributed by atoms with Crippen LogP contribution in [-0.4, -0.2) is 43.7 Å². The Kier molecular flexibility index (Phi) is 7.42. The summed E-state index contributed by atoms with van der Waals surface area (Å²) in [5, 5.41) is 0. The Morgan fingerprint density at radius 1 is 1.50 bits per heavy atom. The number of esters is 1. The van der Waals surface area contributed by atoms with E-state index in [1.165, 1.54) is 7.11 Å². The molecule has 0 aliphatic heterocycles. The van der Waals surface area contributed by atoms with Gasteiger partial charge in [0, 0.05) is 19.1 Å². The Labute approximate surface area is 86.4 Å². The zero-order valence-corrected chi connectivity index (χ0v) is 9.45. The van der Waals surface area contributed by atoms with Gasteiger partial charge in [-0.2, -0.15) is 0 Å². The number of nitrogens with zero attached hydrogens (tertiary/aromatic N) is 1. The van der Waals surface area contributed by atoms with E-state index in [4.69, 9.17) is 5.73 Å². The summed E-state index contributed by atoms with van der Waals surface area (Å²) in [5.74, 6) is -0.157. The third-order valence-electron chi connectivity index (χ3n) is 2.50. The molecule has 1 unspecified atom stereocenters. The van der Waals surface area contributed by atoms with Gasteiger partial charge in [0.2, 0.25) is 0 Å². The maximum absolute atomic E-state index is 11.0. The summed E-state index contributed by atoms with van der Waals surface area (Å²) >= 11 is 0. The molecule has 0 amide bonds. The largest absolute Gasteiger partial charge is 0.469 e. The molecule has 0 aromatic heterocycles. The van der Waals surface area contributed by atoms with Gasteiger partial charge in [-0.15, -0.1) is 0 Å². The molecule has 0 aliphatic carbocycles. The summed E-state index contributed by atoms with van der Waals surface area (Å²) in [4.78, 5) is 13.2. The SMILES string of the molecule is CCC(CN)N(CC)CCC(=O)OC. The summed E-state index contributed by atoms with van der Waals surface area (Å²) in [7, 11) is 1.42. The molecular weight excluding hydrogens is 180 g/mol. The van der Waals surface area contributed by atoms with Gasteiger partial charge >= 0.3 is 5.97 Å². The predicted octanol–water partition coefficient (Wildman–Crippen LogP) is 0.609. The molecule has 4 heteroatoms. The second kappa shape index (κ2) is 7.76. The fourth-order valence-electron chi connectivity index (χ4n) is 1.51. The van der Waals surface area contributed by atoms with Gasteiger partial charge in [0.05, 0.1) is 13.5 Å². The zero-order chi connectivity index (χ0) is 11.0. The number of likely N-dealkylation sites (N-methyl/N-ethyl adjacent to an activating group) is 1. The van der Waals surface area contributed by atoms with Crippen LogP contribution in [0.1, 0.15) is 26.7 Å². The van der Waals surface area contributed by atoms with Crippen LogP contribution in [0, 0.1) is 0 Å². The van der Waals surface area contributed by atoms with E-state index in [1.54, 1.807) is 0 Å². The summed E-state index contributed by atoms with van der Waals surface area (Å²) in [6, 6.07) is 0.379. The van der Waals surface area contributed by atoms with Crippen molar-refractivity contribution in [1.82, 2.24) is 4.90 Å². The minimum absolute atomic E-state index is 0.157. The van der Waals surface area contributed by atoms with Gasteiger partial charge in [-0.25, -0.2) is 0 Å². The molecule has 0 rings (SSSR count). The highest BCUT2D eigenvalue weighted by molar-refractivity contribution is 5.69. The first-order valence-corrected chi connectivity index (χ1v) is 5.20. The zero-order valence-electron chi connectivity index (χ0n) is 9.45. The smallest absolute Gasteiger partial charge is 0.306 e. The lowest BCUT2D eigenvalue weighted by Crippen LogP contribution is -2.41. The Morgan fingerprint density at radius 2 is 2.14 bits per heavy atom. The van der Waals surface area contributed by atoms with Gasteiger partial charge in [0.15, 0.2) is 0 Å². The van der Waals surface area contributed by atoms with Crippen LogP contribution in [0.2, 0.25) is 0 Å². The number of rotatable bonds is 7. The van der Waals surface area contributed by atoms with Crippen molar-refractivity contribution >= 4 is 5.97 Å². The molecule has 0 aliphatic rings. The Bertz CT molecular complexity index is 158. The Hall–Kier alpha value is -0.610. The monoisotopic (exact) mass is 202 g/mol. The van der Waals surface area contributed by atoms with Gasteiger partial charge in [-0.1, -0.05) is 13.8 Å². The number of hydrogen-bond acceptors (Lipinski definition) is 4. The number of carbonyl (C=O) groups excluding carboxylic acids is 1. The van der Waals surface area contributed by atoms with Crippen LogP contribution >= 0.6 is 0 Å². The third-order valence-corrected chi connectivity index (χ3v) is 2.50. The van der Waals surface area contributed by atoms with Crippen molar-refractivity contribution in [3.63, 3.8) is 0 Å². The third kappa shape index (κ3) is 4.58. The van der Waals surface area contributed by atoms with Crippen molar-refractivity contribution in [2.75, 3.05) is 26.7 Å². The van der Waals surface area contributed by atoms with E-state index in [9.17, 15) is 4.79 Å². The van der Waals surface area contributed by atoms with Crippen LogP contribution in [0.25, 0.3) is 0 Å². The molecule has 0 aromatic carbocycles. The summed E-state index contributed by atoms with van der Waals surface area (Å²) in [6.45, 7) is 6.49. The van der Waals surface area contributed by atoms with Gasteiger partial charge in [-0.05, 0) is 13.0 Å². The average molecular weight is 202 g/mol. The van der Waals surface area contributed by atoms with E-state index in [-0.39, 0.29) is 5.97 Å². The maximum Gasteiger partial charge on any atom is 0.306 e. The molecule has 0 aromatic rings. The van der Waals surface area contributed by atoms with E-state index in [1.807, 2.05) is 0 Å². The van der Waals surface area contributed by atoms with Crippen LogP contribution in [0.15, 0.2) is 0 Å². The number of nitrogens with two attached hydrogens (primary N) is 1. The second-order valence-corrected chi connectivity index (χ2v) is 3.25. The van der Waals surface area contributed by atoms with E-state index in [0.29, 0.717) is 19.0 Å². The number of carbonyl (C=O) groups is 1. The molecule has 0 radical (unpaired) electrons. The van der Waals surface area contributed by atoms with Crippen LogP contribution in [0.3, 0.4) is 0 Å². The molecule has 0 saturated heterocycles. The minimum atomic E-state index is -0.157. The lowest BCUT2D eigenvalue weighted by Gasteiger charge is -2.28. The fraction of sp³-hybridized carbons (Fsp3) is 0.900. The molecule has 0 saturated carbocycles. The normalized spacial score (nSPS) is 12.9. The predicted molar refractivity (Wildman–Crippen MR) is 57.0 cm³/mol. The van der Waals surface area contributed by atoms with Crippen LogP contribution in [0.4, 0.5) is 0 Å². The van der Waals surface area contributed by atoms with Crippen molar-refractivity contribution in [2.24, 2.45) is 5.73 Å². The highest BCUT2D eigenvalue weighted by Gasteiger charge is 2.14. The highest BCUT2D eigenvalue weighted by atomic mass is 16.5. The maximum atomic E-state index is 11.0. The minimum Gasteiger partial charge on any atom is -0.469 e. The Balaban J connectivity index is 3.94. The van der Waals surface area contributed by atoms with Crippen molar-refractivity contribution in [2.45, 2.75) is 32.7 Å². The number of hydrogen-bond donors (Lipinski definition) is 1.